The van der Waals surface area contributed by atoms with E-state index in [1.807, 2.05) is 13.8 Å². The Morgan fingerprint density at radius 1 is 0.758 bits per heavy atom. The van der Waals surface area contributed by atoms with Crippen LogP contribution in [0.4, 0.5) is 0 Å². The molecule has 4 heteroatoms. The van der Waals surface area contributed by atoms with Crippen molar-refractivity contribution in [1.82, 2.24) is 0 Å². The summed E-state index contributed by atoms with van der Waals surface area (Å²) in [4.78, 5) is 0. The molecule has 0 amide bonds. The quantitative estimate of drug-likeness (QED) is 0.158. The number of allylic oxidation sites excluding steroid dienone is 2. The third kappa shape index (κ3) is 6.66. The Morgan fingerprint density at radius 3 is 1.85 bits per heavy atom. The van der Waals surface area contributed by atoms with Crippen LogP contribution in [0.5, 0.6) is 0 Å². The highest BCUT2D eigenvalue weighted by Crippen LogP contribution is 2.32. The van der Waals surface area contributed by atoms with E-state index in [2.05, 4.69) is 137 Å². The molecule has 0 saturated carbocycles. The predicted molar refractivity (Wildman–Crippen MR) is 159 cm³/mol. The molecule has 1 aliphatic heterocycles. The van der Waals surface area contributed by atoms with E-state index < -0.39 is 0 Å². The Bertz CT molecular complexity index is 1240. The summed E-state index contributed by atoms with van der Waals surface area (Å²) in [5.41, 5.74) is 2.43. The molecular weight excluding hydrogens is 634 g/mol. The van der Waals surface area contributed by atoms with Crippen LogP contribution in [0.3, 0.4) is 0 Å². The summed E-state index contributed by atoms with van der Waals surface area (Å²) in [5.74, 6) is 0. The smallest absolute Gasteiger partial charge is 0.185 e. The predicted octanol–water partition coefficient (Wildman–Crippen LogP) is 9.16. The first kappa shape index (κ1) is 25.9. The zero-order valence-electron chi connectivity index (χ0n) is 18.9. The van der Waals surface area contributed by atoms with Crippen LogP contribution < -0.4 is 0 Å². The summed E-state index contributed by atoms with van der Waals surface area (Å²) < 4.78 is 13.6. The van der Waals surface area contributed by atoms with Crippen molar-refractivity contribution in [3.05, 3.63) is 110 Å². The van der Waals surface area contributed by atoms with Gasteiger partial charge < -0.3 is 9.47 Å². The lowest BCUT2D eigenvalue weighted by atomic mass is 10.1. The van der Waals surface area contributed by atoms with Crippen LogP contribution >= 0.6 is 45.2 Å². The van der Waals surface area contributed by atoms with Crippen LogP contribution in [0.1, 0.15) is 31.3 Å². The van der Waals surface area contributed by atoms with Gasteiger partial charge in [-0.1, -0.05) is 91.0 Å². The van der Waals surface area contributed by atoms with Gasteiger partial charge in [0.2, 0.25) is 0 Å². The van der Waals surface area contributed by atoms with E-state index in [9.17, 15) is 0 Å². The van der Waals surface area contributed by atoms with Crippen molar-refractivity contribution in [3.8, 4) is 0 Å². The second-order valence-corrected chi connectivity index (χ2v) is 9.52. The third-order valence-electron chi connectivity index (χ3n) is 5.01. The van der Waals surface area contributed by atoms with E-state index in [0.29, 0.717) is 13.2 Å². The van der Waals surface area contributed by atoms with Gasteiger partial charge in [0.05, 0.1) is 13.2 Å². The molecule has 0 atom stereocenters. The maximum atomic E-state index is 5.54. The van der Waals surface area contributed by atoms with Crippen LogP contribution in [0.15, 0.2) is 91.5 Å². The van der Waals surface area contributed by atoms with Crippen molar-refractivity contribution >= 4 is 72.8 Å². The van der Waals surface area contributed by atoms with E-state index in [1.54, 1.807) is 6.08 Å². The number of hydrogen-bond donors (Lipinski definition) is 0. The summed E-state index contributed by atoms with van der Waals surface area (Å²) >= 11 is 4.78. The highest BCUT2D eigenvalue weighted by atomic mass is 127. The molecule has 0 aromatic heterocycles. The zero-order chi connectivity index (χ0) is 23.6. The van der Waals surface area contributed by atoms with Gasteiger partial charge in [0.25, 0.3) is 0 Å². The van der Waals surface area contributed by atoms with E-state index in [-0.39, 0.29) is 6.29 Å². The first-order chi connectivity index (χ1) is 16.1. The Balaban J connectivity index is 0.000000168. The zero-order valence-corrected chi connectivity index (χ0v) is 23.2. The van der Waals surface area contributed by atoms with Crippen LogP contribution in [-0.2, 0) is 9.47 Å². The first-order valence-electron chi connectivity index (χ1n) is 10.9. The molecule has 0 N–H and O–H groups in total. The van der Waals surface area contributed by atoms with Crippen molar-refractivity contribution in [3.63, 3.8) is 0 Å². The largest absolute Gasteiger partial charge is 0.346 e. The number of ether oxygens (including phenoxy) is 2. The van der Waals surface area contributed by atoms with Gasteiger partial charge in [-0.2, -0.15) is 0 Å². The average Bonchev–Trinajstić information content (AvgIpc) is 3.37. The maximum absolute atomic E-state index is 5.54. The molecule has 33 heavy (non-hydrogen) atoms. The lowest BCUT2D eigenvalue weighted by Crippen LogP contribution is -2.01. The van der Waals surface area contributed by atoms with Gasteiger partial charge >= 0.3 is 0 Å². The molecule has 170 valence electrons. The van der Waals surface area contributed by atoms with Crippen LogP contribution in [0.2, 0.25) is 0 Å². The standard InChI is InChI=1S/C13H11IO2.C13H11I.C3H6/c14-12-10-4-2-1-3-9(10)5-6-11(12)13-15-7-8-16-13;1-2-5-11-9-8-10-6-3-4-7-12(10)13(11)14;1-3-2/h1-6,13H,7-8H2;2-9H,1H3;3H,1H2,2H3. The molecule has 2 nitrogen and oxygen atoms in total. The van der Waals surface area contributed by atoms with Gasteiger partial charge in [0.15, 0.2) is 6.29 Å². The Kier molecular flexibility index (Phi) is 10.4. The van der Waals surface area contributed by atoms with Gasteiger partial charge in [-0.05, 0) is 86.1 Å². The molecule has 1 fully saturated rings. The number of fused-ring (bicyclic) bond motifs is 2. The number of hydrogen-bond acceptors (Lipinski definition) is 2. The monoisotopic (exact) mass is 662 g/mol. The van der Waals surface area contributed by atoms with E-state index >= 15 is 0 Å². The highest BCUT2D eigenvalue weighted by Gasteiger charge is 2.21. The third-order valence-corrected chi connectivity index (χ3v) is 7.42. The van der Waals surface area contributed by atoms with Crippen LogP contribution in [0, 0.1) is 7.14 Å². The van der Waals surface area contributed by atoms with E-state index in [0.717, 1.165) is 5.56 Å². The van der Waals surface area contributed by atoms with E-state index in [1.165, 1.54) is 34.2 Å². The molecule has 4 aromatic rings. The van der Waals surface area contributed by atoms with Gasteiger partial charge in [-0.15, -0.1) is 6.58 Å². The van der Waals surface area contributed by atoms with Gasteiger partial charge in [0, 0.05) is 12.7 Å². The molecule has 4 aromatic carbocycles. The van der Waals surface area contributed by atoms with Crippen molar-refractivity contribution in [1.29, 1.82) is 0 Å². The number of benzene rings is 4. The van der Waals surface area contributed by atoms with Crippen LogP contribution in [0.25, 0.3) is 27.6 Å². The topological polar surface area (TPSA) is 18.5 Å². The Labute approximate surface area is 224 Å². The molecule has 0 spiro atoms. The lowest BCUT2D eigenvalue weighted by Gasteiger charge is -2.13. The van der Waals surface area contributed by atoms with Crippen molar-refractivity contribution in [2.45, 2.75) is 20.1 Å². The minimum absolute atomic E-state index is 0.184. The normalized spacial score (nSPS) is 13.5. The average molecular weight is 662 g/mol. The SMILES string of the molecule is C=CC.CC=Cc1ccc2ccccc2c1I.Ic1c(C2OCCO2)ccc2ccccc12. The van der Waals surface area contributed by atoms with Gasteiger partial charge in [0.1, 0.15) is 0 Å². The summed E-state index contributed by atoms with van der Waals surface area (Å²) in [5, 5.41) is 5.17. The fourth-order valence-electron chi connectivity index (χ4n) is 3.53. The van der Waals surface area contributed by atoms with Crippen molar-refractivity contribution < 1.29 is 9.47 Å². The minimum Gasteiger partial charge on any atom is -0.346 e. The molecular formula is C29H28I2O2. The molecule has 0 bridgehead atoms. The van der Waals surface area contributed by atoms with Crippen molar-refractivity contribution in [2.75, 3.05) is 13.2 Å². The second-order valence-electron chi connectivity index (χ2n) is 7.36. The highest BCUT2D eigenvalue weighted by molar-refractivity contribution is 14.1. The van der Waals surface area contributed by atoms with Gasteiger partial charge in [-0.3, -0.25) is 0 Å². The lowest BCUT2D eigenvalue weighted by molar-refractivity contribution is -0.0446. The first-order valence-corrected chi connectivity index (χ1v) is 13.0. The van der Waals surface area contributed by atoms with E-state index in [4.69, 9.17) is 9.47 Å². The molecule has 1 heterocycles. The minimum atomic E-state index is -0.184. The summed E-state index contributed by atoms with van der Waals surface area (Å²) in [6, 6.07) is 25.4. The molecule has 0 radical (unpaired) electrons. The van der Waals surface area contributed by atoms with Crippen LogP contribution in [-0.4, -0.2) is 13.2 Å². The molecule has 0 unspecified atom stereocenters. The second kappa shape index (κ2) is 13.2. The van der Waals surface area contributed by atoms with Crippen molar-refractivity contribution in [2.24, 2.45) is 0 Å². The fourth-order valence-corrected chi connectivity index (χ4v) is 5.31. The number of halogens is 2. The number of rotatable bonds is 2. The fraction of sp³-hybridized carbons (Fsp3) is 0.172. The summed E-state index contributed by atoms with van der Waals surface area (Å²) in [6.45, 7) is 8.67. The molecule has 5 rings (SSSR count). The maximum Gasteiger partial charge on any atom is 0.185 e. The summed E-state index contributed by atoms with van der Waals surface area (Å²) in [6.07, 6.45) is 5.79. The molecule has 1 saturated heterocycles. The molecule has 0 aliphatic carbocycles. The molecule has 1 aliphatic rings. The van der Waals surface area contributed by atoms with Gasteiger partial charge in [-0.25, -0.2) is 0 Å². The Hall–Kier alpha value is -1.74. The summed E-state index contributed by atoms with van der Waals surface area (Å²) in [7, 11) is 0. The Morgan fingerprint density at radius 2 is 1.27 bits per heavy atom.